The first kappa shape index (κ1) is 14.1. The predicted octanol–water partition coefficient (Wildman–Crippen LogP) is 0.845. The van der Waals surface area contributed by atoms with Crippen LogP contribution in [-0.2, 0) is 28.6 Å². The molecule has 0 radical (unpaired) electrons. The topological polar surface area (TPSA) is 78.9 Å². The molecule has 2 aliphatic carbocycles. The van der Waals surface area contributed by atoms with Gasteiger partial charge in [-0.3, -0.25) is 9.59 Å². The van der Waals surface area contributed by atoms with Crippen LogP contribution in [0.5, 0.6) is 0 Å². The number of hydrogen-bond donors (Lipinski definition) is 0. The molecule has 0 aromatic rings. The van der Waals surface area contributed by atoms with E-state index in [-0.39, 0.29) is 30.0 Å². The molecule has 1 heterocycles. The maximum atomic E-state index is 12.1. The van der Waals surface area contributed by atoms with Crippen molar-refractivity contribution in [1.82, 2.24) is 0 Å². The van der Waals surface area contributed by atoms with E-state index in [9.17, 15) is 14.4 Å². The van der Waals surface area contributed by atoms with Gasteiger partial charge in [-0.15, -0.1) is 0 Å². The molecule has 2 bridgehead atoms. The second-order valence-corrected chi connectivity index (χ2v) is 5.92. The minimum atomic E-state index is -0.573. The fourth-order valence-electron chi connectivity index (χ4n) is 3.93. The lowest BCUT2D eigenvalue weighted by Gasteiger charge is -2.30. The Kier molecular flexibility index (Phi) is 3.26. The normalized spacial score (nSPS) is 39.0. The van der Waals surface area contributed by atoms with E-state index in [0.29, 0.717) is 6.42 Å². The van der Waals surface area contributed by atoms with Gasteiger partial charge in [0, 0.05) is 17.4 Å². The maximum absolute atomic E-state index is 12.1. The minimum absolute atomic E-state index is 0.0557. The number of esters is 3. The summed E-state index contributed by atoms with van der Waals surface area (Å²) in [7, 11) is 0. The molecule has 1 saturated heterocycles. The monoisotopic (exact) mass is 294 g/mol. The molecule has 0 aromatic heterocycles. The van der Waals surface area contributed by atoms with Crippen LogP contribution in [0, 0.1) is 23.7 Å². The molecule has 3 fully saturated rings. The third-order valence-corrected chi connectivity index (χ3v) is 4.70. The van der Waals surface area contributed by atoms with Crippen molar-refractivity contribution in [1.29, 1.82) is 0 Å². The van der Waals surface area contributed by atoms with Gasteiger partial charge in [-0.25, -0.2) is 4.79 Å². The highest BCUT2D eigenvalue weighted by Gasteiger charge is 2.70. The van der Waals surface area contributed by atoms with E-state index in [1.165, 1.54) is 0 Å². The standard InChI is InChI=1S/C15H18O6/c1-4-19-14(17)9-7-5-8-10(9)15(18)21-12(8)11(7)20-13(16)6(2)3/h7-12H,2,4-5H2,1,3H3. The molecule has 3 rings (SSSR count). The summed E-state index contributed by atoms with van der Waals surface area (Å²) < 4.78 is 15.8. The molecule has 21 heavy (non-hydrogen) atoms. The summed E-state index contributed by atoms with van der Waals surface area (Å²) >= 11 is 0. The molecule has 6 nitrogen and oxygen atoms in total. The summed E-state index contributed by atoms with van der Waals surface area (Å²) in [4.78, 5) is 35.9. The second kappa shape index (κ2) is 4.86. The Balaban J connectivity index is 1.85. The SMILES string of the molecule is C=C(C)C(=O)OC1C2CC3C1OC(=O)C3C2C(=O)OCC. The molecule has 0 aromatic carbocycles. The van der Waals surface area contributed by atoms with Gasteiger partial charge in [-0.1, -0.05) is 6.58 Å². The van der Waals surface area contributed by atoms with Gasteiger partial charge < -0.3 is 14.2 Å². The van der Waals surface area contributed by atoms with E-state index < -0.39 is 36.0 Å². The van der Waals surface area contributed by atoms with Crippen LogP contribution in [0.4, 0.5) is 0 Å². The Labute approximate surface area is 122 Å². The summed E-state index contributed by atoms with van der Waals surface area (Å²) in [5, 5.41) is 0. The fraction of sp³-hybridized carbons (Fsp3) is 0.667. The van der Waals surface area contributed by atoms with Gasteiger partial charge in [-0.05, 0) is 20.3 Å². The minimum Gasteiger partial charge on any atom is -0.466 e. The number of fused-ring (bicyclic) bond motifs is 1. The van der Waals surface area contributed by atoms with E-state index in [4.69, 9.17) is 14.2 Å². The largest absolute Gasteiger partial charge is 0.466 e. The molecule has 2 saturated carbocycles. The van der Waals surface area contributed by atoms with E-state index in [0.717, 1.165) is 0 Å². The summed E-state index contributed by atoms with van der Waals surface area (Å²) in [6, 6.07) is 0. The molecular weight excluding hydrogens is 276 g/mol. The van der Waals surface area contributed by atoms with Crippen molar-refractivity contribution in [3.8, 4) is 0 Å². The van der Waals surface area contributed by atoms with E-state index in [2.05, 4.69) is 6.58 Å². The third kappa shape index (κ3) is 1.96. The van der Waals surface area contributed by atoms with Crippen molar-refractivity contribution in [2.45, 2.75) is 32.5 Å². The van der Waals surface area contributed by atoms with Gasteiger partial charge in [-0.2, -0.15) is 0 Å². The van der Waals surface area contributed by atoms with Crippen molar-refractivity contribution in [2.75, 3.05) is 6.61 Å². The van der Waals surface area contributed by atoms with Crippen LogP contribution in [-0.4, -0.2) is 36.7 Å². The molecule has 6 atom stereocenters. The van der Waals surface area contributed by atoms with Crippen LogP contribution in [0.3, 0.4) is 0 Å². The lowest BCUT2D eigenvalue weighted by Crippen LogP contribution is -2.43. The van der Waals surface area contributed by atoms with E-state index in [1.807, 2.05) is 0 Å². The fourth-order valence-corrected chi connectivity index (χ4v) is 3.93. The zero-order chi connectivity index (χ0) is 15.3. The number of carbonyl (C=O) groups is 3. The van der Waals surface area contributed by atoms with E-state index >= 15 is 0 Å². The molecular formula is C15H18O6. The van der Waals surface area contributed by atoms with Crippen molar-refractivity contribution in [3.63, 3.8) is 0 Å². The van der Waals surface area contributed by atoms with Crippen LogP contribution < -0.4 is 0 Å². The Morgan fingerprint density at radius 3 is 2.71 bits per heavy atom. The molecule has 114 valence electrons. The van der Waals surface area contributed by atoms with E-state index in [1.54, 1.807) is 13.8 Å². The van der Waals surface area contributed by atoms with Gasteiger partial charge >= 0.3 is 17.9 Å². The molecule has 6 unspecified atom stereocenters. The number of ether oxygens (including phenoxy) is 3. The lowest BCUT2D eigenvalue weighted by atomic mass is 9.78. The number of hydrogen-bond acceptors (Lipinski definition) is 6. The molecule has 1 aliphatic heterocycles. The van der Waals surface area contributed by atoms with Crippen LogP contribution in [0.1, 0.15) is 20.3 Å². The second-order valence-electron chi connectivity index (χ2n) is 5.92. The first-order chi connectivity index (χ1) is 9.95. The summed E-state index contributed by atoms with van der Waals surface area (Å²) in [6.07, 6.45) is -0.351. The van der Waals surface area contributed by atoms with Crippen LogP contribution in [0.15, 0.2) is 12.2 Å². The van der Waals surface area contributed by atoms with Crippen molar-refractivity contribution in [2.24, 2.45) is 23.7 Å². The van der Waals surface area contributed by atoms with Crippen molar-refractivity contribution < 1.29 is 28.6 Å². The quantitative estimate of drug-likeness (QED) is 0.434. The first-order valence-electron chi connectivity index (χ1n) is 7.19. The van der Waals surface area contributed by atoms with Crippen LogP contribution in [0.2, 0.25) is 0 Å². The molecule has 3 aliphatic rings. The number of carbonyl (C=O) groups excluding carboxylic acids is 3. The van der Waals surface area contributed by atoms with Gasteiger partial charge in [0.05, 0.1) is 18.4 Å². The van der Waals surface area contributed by atoms with Gasteiger partial charge in [0.1, 0.15) is 12.2 Å². The first-order valence-corrected chi connectivity index (χ1v) is 7.19. The Morgan fingerprint density at radius 1 is 1.38 bits per heavy atom. The Morgan fingerprint density at radius 2 is 2.10 bits per heavy atom. The average Bonchev–Trinajstić information content (AvgIpc) is 3.01. The highest BCUT2D eigenvalue weighted by Crippen LogP contribution is 2.59. The summed E-state index contributed by atoms with van der Waals surface area (Å²) in [5.74, 6) is -2.57. The Hall–Kier alpha value is -1.85. The zero-order valence-corrected chi connectivity index (χ0v) is 12.0. The highest BCUT2D eigenvalue weighted by atomic mass is 16.6. The maximum Gasteiger partial charge on any atom is 0.333 e. The molecule has 0 N–H and O–H groups in total. The van der Waals surface area contributed by atoms with Crippen molar-refractivity contribution in [3.05, 3.63) is 12.2 Å². The smallest absolute Gasteiger partial charge is 0.333 e. The predicted molar refractivity (Wildman–Crippen MR) is 69.8 cm³/mol. The molecule has 0 spiro atoms. The van der Waals surface area contributed by atoms with Crippen LogP contribution in [0.25, 0.3) is 0 Å². The van der Waals surface area contributed by atoms with Gasteiger partial charge in [0.2, 0.25) is 0 Å². The summed E-state index contributed by atoms with van der Waals surface area (Å²) in [6.45, 7) is 7.08. The average molecular weight is 294 g/mol. The number of rotatable bonds is 4. The lowest BCUT2D eigenvalue weighted by molar-refractivity contribution is -0.162. The van der Waals surface area contributed by atoms with Gasteiger partial charge in [0.25, 0.3) is 0 Å². The van der Waals surface area contributed by atoms with Crippen molar-refractivity contribution >= 4 is 17.9 Å². The Bertz CT molecular complexity index is 524. The van der Waals surface area contributed by atoms with Gasteiger partial charge in [0.15, 0.2) is 0 Å². The highest BCUT2D eigenvalue weighted by molar-refractivity contribution is 5.88. The molecule has 0 amide bonds. The zero-order valence-electron chi connectivity index (χ0n) is 12.0. The third-order valence-electron chi connectivity index (χ3n) is 4.70. The van der Waals surface area contributed by atoms with Crippen LogP contribution >= 0.6 is 0 Å². The summed E-state index contributed by atoms with van der Waals surface area (Å²) in [5.41, 5.74) is 0.284. The molecule has 6 heteroatoms.